The lowest BCUT2D eigenvalue weighted by Gasteiger charge is -2.30. The number of nitrogens with one attached hydrogen (secondary N) is 2. The summed E-state index contributed by atoms with van der Waals surface area (Å²) in [5.41, 5.74) is 1.40. The first-order valence-corrected chi connectivity index (χ1v) is 9.84. The molecule has 0 spiro atoms. The lowest BCUT2D eigenvalue weighted by molar-refractivity contribution is -0.134. The lowest BCUT2D eigenvalue weighted by Crippen LogP contribution is -2.40. The fraction of sp³-hybridized carbons (Fsp3) is 0.364. The largest absolute Gasteiger partial charge is 0.378 e. The number of ether oxygens (including phenoxy) is 1. The molecule has 2 N–H and O–H groups in total. The summed E-state index contributed by atoms with van der Waals surface area (Å²) in [4.78, 5) is 27.9. The number of nitrogens with zero attached hydrogens (tertiary/aromatic N) is 1. The number of halogens is 1. The van der Waals surface area contributed by atoms with Crippen LogP contribution in [0.3, 0.4) is 0 Å². The van der Waals surface area contributed by atoms with Gasteiger partial charge in [-0.25, -0.2) is 4.39 Å². The van der Waals surface area contributed by atoms with Crippen molar-refractivity contribution in [2.75, 3.05) is 36.5 Å². The molecule has 0 aromatic heterocycles. The van der Waals surface area contributed by atoms with Gasteiger partial charge in [-0.05, 0) is 42.7 Å². The van der Waals surface area contributed by atoms with Crippen molar-refractivity contribution >= 4 is 23.2 Å². The van der Waals surface area contributed by atoms with Gasteiger partial charge in [-0.15, -0.1) is 0 Å². The molecule has 1 saturated carbocycles. The Bertz CT molecular complexity index is 890. The first-order chi connectivity index (χ1) is 14.1. The van der Waals surface area contributed by atoms with Crippen molar-refractivity contribution in [2.45, 2.75) is 19.4 Å². The summed E-state index contributed by atoms with van der Waals surface area (Å²) in [6.45, 7) is 3.08. The molecule has 2 fully saturated rings. The molecule has 1 heterocycles. The Morgan fingerprint density at radius 2 is 1.69 bits per heavy atom. The molecule has 0 bridgehead atoms. The average Bonchev–Trinajstić information content (AvgIpc) is 3.56. The summed E-state index contributed by atoms with van der Waals surface area (Å²) in [6.07, 6.45) is 1.04. The number of carbonyl (C=O) groups is 2. The highest BCUT2D eigenvalue weighted by molar-refractivity contribution is 6.13. The molecule has 1 aliphatic carbocycles. The van der Waals surface area contributed by atoms with E-state index >= 15 is 0 Å². The Labute approximate surface area is 169 Å². The maximum atomic E-state index is 13.0. The lowest BCUT2D eigenvalue weighted by atomic mass is 10.0. The Morgan fingerprint density at radius 3 is 2.38 bits per heavy atom. The zero-order valence-corrected chi connectivity index (χ0v) is 16.1. The molecule has 1 saturated heterocycles. The smallest absolute Gasteiger partial charge is 0.240 e. The first kappa shape index (κ1) is 19.4. The van der Waals surface area contributed by atoms with Gasteiger partial charge in [0, 0.05) is 19.6 Å². The van der Waals surface area contributed by atoms with E-state index < -0.39 is 5.41 Å². The third kappa shape index (κ3) is 4.24. The zero-order valence-electron chi connectivity index (χ0n) is 16.1. The number of morpholine rings is 1. The molecule has 4 rings (SSSR count). The highest BCUT2D eigenvalue weighted by Crippen LogP contribution is 2.47. The predicted molar refractivity (Wildman–Crippen MR) is 108 cm³/mol. The number of amides is 2. The van der Waals surface area contributed by atoms with E-state index in [9.17, 15) is 14.0 Å². The van der Waals surface area contributed by atoms with E-state index in [1.54, 1.807) is 12.1 Å². The van der Waals surface area contributed by atoms with Gasteiger partial charge in [-0.1, -0.05) is 24.3 Å². The van der Waals surface area contributed by atoms with Crippen LogP contribution in [-0.4, -0.2) is 38.1 Å². The molecule has 7 heteroatoms. The van der Waals surface area contributed by atoms with Gasteiger partial charge >= 0.3 is 0 Å². The van der Waals surface area contributed by atoms with Crippen LogP contribution in [0.1, 0.15) is 18.4 Å². The van der Waals surface area contributed by atoms with Gasteiger partial charge in [-0.3, -0.25) is 9.59 Å². The highest BCUT2D eigenvalue weighted by Gasteiger charge is 2.56. The van der Waals surface area contributed by atoms with Crippen molar-refractivity contribution in [3.8, 4) is 0 Å². The maximum absolute atomic E-state index is 13.0. The van der Waals surface area contributed by atoms with Gasteiger partial charge in [0.2, 0.25) is 11.8 Å². The van der Waals surface area contributed by atoms with E-state index in [1.807, 2.05) is 24.3 Å². The molecule has 152 valence electrons. The van der Waals surface area contributed by atoms with E-state index in [-0.39, 0.29) is 24.2 Å². The third-order valence-corrected chi connectivity index (χ3v) is 5.49. The summed E-state index contributed by atoms with van der Waals surface area (Å²) in [5, 5.41) is 5.78. The van der Waals surface area contributed by atoms with Gasteiger partial charge in [0.25, 0.3) is 0 Å². The van der Waals surface area contributed by atoms with Crippen LogP contribution in [0, 0.1) is 11.2 Å². The molecule has 2 aromatic rings. The second kappa shape index (κ2) is 8.21. The number of para-hydroxylation sites is 2. The number of hydrogen-bond acceptors (Lipinski definition) is 4. The maximum Gasteiger partial charge on any atom is 0.240 e. The minimum Gasteiger partial charge on any atom is -0.378 e. The van der Waals surface area contributed by atoms with E-state index in [0.29, 0.717) is 31.7 Å². The normalized spacial score (nSPS) is 17.5. The molecule has 6 nitrogen and oxygen atoms in total. The van der Waals surface area contributed by atoms with Gasteiger partial charge < -0.3 is 20.3 Å². The number of benzene rings is 2. The van der Waals surface area contributed by atoms with Crippen LogP contribution in [0.5, 0.6) is 0 Å². The molecular formula is C22H24FN3O3. The van der Waals surface area contributed by atoms with Crippen molar-refractivity contribution < 1.29 is 18.7 Å². The fourth-order valence-electron chi connectivity index (χ4n) is 3.54. The number of hydrogen-bond donors (Lipinski definition) is 2. The minimum atomic E-state index is -1.03. The Hall–Kier alpha value is -2.93. The number of anilines is 2. The fourth-order valence-corrected chi connectivity index (χ4v) is 3.54. The van der Waals surface area contributed by atoms with Crippen LogP contribution in [0.25, 0.3) is 0 Å². The van der Waals surface area contributed by atoms with Crippen molar-refractivity contribution in [3.05, 3.63) is 59.9 Å². The van der Waals surface area contributed by atoms with Gasteiger partial charge in [0.15, 0.2) is 0 Å². The highest BCUT2D eigenvalue weighted by atomic mass is 19.1. The van der Waals surface area contributed by atoms with Crippen molar-refractivity contribution in [1.29, 1.82) is 0 Å². The monoisotopic (exact) mass is 397 g/mol. The van der Waals surface area contributed by atoms with E-state index in [4.69, 9.17) is 4.74 Å². The molecular weight excluding hydrogens is 373 g/mol. The standard InChI is InChI=1S/C22H24FN3O3/c23-17-7-5-16(6-8-17)15-24-20(27)22(9-10-22)21(28)25-18-3-1-2-4-19(18)26-11-13-29-14-12-26/h1-8H,9-15H2,(H,24,27)(H,25,28). The van der Waals surface area contributed by atoms with Gasteiger partial charge in [0.1, 0.15) is 11.2 Å². The SMILES string of the molecule is O=C(NCc1ccc(F)cc1)C1(C(=O)Nc2ccccc2N2CCOCC2)CC1. The molecule has 0 atom stereocenters. The summed E-state index contributed by atoms with van der Waals surface area (Å²) >= 11 is 0. The van der Waals surface area contributed by atoms with Gasteiger partial charge in [0.05, 0.1) is 24.6 Å². The van der Waals surface area contributed by atoms with Crippen LogP contribution in [0.4, 0.5) is 15.8 Å². The van der Waals surface area contributed by atoms with Crippen LogP contribution >= 0.6 is 0 Å². The summed E-state index contributed by atoms with van der Waals surface area (Å²) in [5.74, 6) is -0.893. The summed E-state index contributed by atoms with van der Waals surface area (Å²) < 4.78 is 18.4. The van der Waals surface area contributed by atoms with Crippen LogP contribution in [-0.2, 0) is 20.9 Å². The number of rotatable bonds is 6. The quantitative estimate of drug-likeness (QED) is 0.736. The molecule has 2 amide bonds. The van der Waals surface area contributed by atoms with Crippen LogP contribution in [0.15, 0.2) is 48.5 Å². The topological polar surface area (TPSA) is 70.7 Å². The average molecular weight is 397 g/mol. The summed E-state index contributed by atoms with van der Waals surface area (Å²) in [6, 6.07) is 13.6. The van der Waals surface area contributed by atoms with Crippen molar-refractivity contribution in [3.63, 3.8) is 0 Å². The van der Waals surface area contributed by atoms with E-state index in [2.05, 4.69) is 15.5 Å². The Kier molecular flexibility index (Phi) is 5.49. The summed E-state index contributed by atoms with van der Waals surface area (Å²) in [7, 11) is 0. The molecule has 0 radical (unpaired) electrons. The van der Waals surface area contributed by atoms with Gasteiger partial charge in [-0.2, -0.15) is 0 Å². The van der Waals surface area contributed by atoms with Crippen molar-refractivity contribution in [2.24, 2.45) is 5.41 Å². The molecule has 29 heavy (non-hydrogen) atoms. The first-order valence-electron chi connectivity index (χ1n) is 9.84. The number of carbonyl (C=O) groups excluding carboxylic acids is 2. The second-order valence-corrected chi connectivity index (χ2v) is 7.46. The zero-order chi connectivity index (χ0) is 20.3. The van der Waals surface area contributed by atoms with Crippen molar-refractivity contribution in [1.82, 2.24) is 5.32 Å². The van der Waals surface area contributed by atoms with E-state index in [0.717, 1.165) is 24.3 Å². The minimum absolute atomic E-state index is 0.262. The van der Waals surface area contributed by atoms with Crippen LogP contribution < -0.4 is 15.5 Å². The predicted octanol–water partition coefficient (Wildman–Crippen LogP) is 2.70. The molecule has 0 unspecified atom stereocenters. The molecule has 2 aliphatic rings. The Morgan fingerprint density at radius 1 is 1.00 bits per heavy atom. The van der Waals surface area contributed by atoms with Crippen LogP contribution in [0.2, 0.25) is 0 Å². The third-order valence-electron chi connectivity index (χ3n) is 5.49. The second-order valence-electron chi connectivity index (χ2n) is 7.46. The van der Waals surface area contributed by atoms with E-state index in [1.165, 1.54) is 12.1 Å². The molecule has 1 aliphatic heterocycles. The Balaban J connectivity index is 1.41. The molecule has 2 aromatic carbocycles.